The predicted octanol–water partition coefficient (Wildman–Crippen LogP) is 2.26. The Morgan fingerprint density at radius 2 is 1.87 bits per heavy atom. The largest absolute Gasteiger partial charge is 0.480 e. The zero-order valence-corrected chi connectivity index (χ0v) is 18.3. The number of pyridine rings is 2. The number of fused-ring (bicyclic) bond motifs is 1. The summed E-state index contributed by atoms with van der Waals surface area (Å²) in [6.07, 6.45) is 5.63. The van der Waals surface area contributed by atoms with Crippen molar-refractivity contribution in [1.29, 1.82) is 0 Å². The Morgan fingerprint density at radius 1 is 1.10 bits per heavy atom. The van der Waals surface area contributed by atoms with Gasteiger partial charge in [-0.15, -0.1) is 0 Å². The van der Waals surface area contributed by atoms with Crippen LogP contribution < -0.4 is 15.0 Å². The lowest BCUT2D eigenvalue weighted by atomic mass is 10.1. The number of ether oxygens (including phenoxy) is 1. The van der Waals surface area contributed by atoms with E-state index < -0.39 is 15.6 Å². The molecule has 0 atom stereocenters. The Hall–Kier alpha value is -3.44. The Labute approximate surface area is 182 Å². The van der Waals surface area contributed by atoms with E-state index in [2.05, 4.69) is 19.7 Å². The Morgan fingerprint density at radius 3 is 2.55 bits per heavy atom. The number of anilines is 1. The van der Waals surface area contributed by atoms with Gasteiger partial charge in [0.25, 0.3) is 15.6 Å². The smallest absolute Gasteiger partial charge is 0.279 e. The maximum Gasteiger partial charge on any atom is 0.279 e. The van der Waals surface area contributed by atoms with Crippen LogP contribution in [0.2, 0.25) is 5.02 Å². The number of methoxy groups -OCH3 is 1. The number of hydrogen-bond acceptors (Lipinski definition) is 7. The lowest BCUT2D eigenvalue weighted by molar-refractivity contribution is 0.400. The Kier molecular flexibility index (Phi) is 5.15. The van der Waals surface area contributed by atoms with Crippen molar-refractivity contribution in [3.05, 3.63) is 64.2 Å². The van der Waals surface area contributed by atoms with Gasteiger partial charge in [0.2, 0.25) is 5.88 Å². The first-order valence-electron chi connectivity index (χ1n) is 8.94. The zero-order chi connectivity index (χ0) is 22.3. The Balaban J connectivity index is 1.80. The van der Waals surface area contributed by atoms with Crippen LogP contribution in [0.25, 0.3) is 16.8 Å². The topological polar surface area (TPSA) is 120 Å². The van der Waals surface area contributed by atoms with E-state index in [-0.39, 0.29) is 21.6 Å². The van der Waals surface area contributed by atoms with Gasteiger partial charge >= 0.3 is 0 Å². The number of nitrogens with zero attached hydrogens (tertiary/aromatic N) is 5. The summed E-state index contributed by atoms with van der Waals surface area (Å²) in [5, 5.41) is -0.0159. The molecular formula is C19H17ClN6O4S. The molecule has 4 heterocycles. The van der Waals surface area contributed by atoms with Gasteiger partial charge in [0.05, 0.1) is 19.5 Å². The van der Waals surface area contributed by atoms with Crippen molar-refractivity contribution in [2.45, 2.75) is 11.9 Å². The van der Waals surface area contributed by atoms with Gasteiger partial charge in [0, 0.05) is 30.6 Å². The molecule has 0 aliphatic heterocycles. The van der Waals surface area contributed by atoms with Crippen molar-refractivity contribution >= 4 is 33.0 Å². The number of halogens is 1. The van der Waals surface area contributed by atoms with Gasteiger partial charge < -0.3 is 9.30 Å². The number of imidazole rings is 1. The minimum atomic E-state index is -3.95. The first kappa shape index (κ1) is 20.8. The monoisotopic (exact) mass is 460 g/mol. The van der Waals surface area contributed by atoms with Gasteiger partial charge in [0.15, 0.2) is 5.03 Å². The normalized spacial score (nSPS) is 11.6. The van der Waals surface area contributed by atoms with Crippen LogP contribution >= 0.6 is 11.6 Å². The van der Waals surface area contributed by atoms with E-state index in [1.54, 1.807) is 38.4 Å². The van der Waals surface area contributed by atoms with Crippen LogP contribution in [0.4, 0.5) is 5.69 Å². The van der Waals surface area contributed by atoms with E-state index in [1.807, 2.05) is 0 Å². The van der Waals surface area contributed by atoms with Crippen molar-refractivity contribution in [1.82, 2.24) is 23.9 Å². The van der Waals surface area contributed by atoms with Crippen LogP contribution in [0.5, 0.6) is 5.88 Å². The molecule has 4 aromatic rings. The second-order valence-electron chi connectivity index (χ2n) is 6.65. The highest BCUT2D eigenvalue weighted by Crippen LogP contribution is 2.30. The summed E-state index contributed by atoms with van der Waals surface area (Å²) < 4.78 is 36.2. The molecule has 0 spiro atoms. The zero-order valence-electron chi connectivity index (χ0n) is 16.7. The number of nitrogens with one attached hydrogen (secondary N) is 1. The molecule has 12 heteroatoms. The highest BCUT2D eigenvalue weighted by molar-refractivity contribution is 7.92. The Bertz CT molecular complexity index is 1480. The average molecular weight is 461 g/mol. The predicted molar refractivity (Wildman–Crippen MR) is 115 cm³/mol. The molecule has 1 N–H and O–H groups in total. The molecular weight excluding hydrogens is 444 g/mol. The molecule has 0 saturated carbocycles. The van der Waals surface area contributed by atoms with E-state index in [0.29, 0.717) is 22.6 Å². The molecule has 0 aliphatic carbocycles. The lowest BCUT2D eigenvalue weighted by Gasteiger charge is -2.13. The number of aromatic nitrogens is 5. The fourth-order valence-corrected chi connectivity index (χ4v) is 4.36. The standard InChI is InChI=1S/C19H17ClN6O4S/c1-11-21-9-17(25(11)2)31(28,29)24-15-6-13(7-23-18(15)30-3)12-4-5-16-22-8-14(20)19(27)26(16)10-12/h4-10,24H,1-3H3. The average Bonchev–Trinajstić information content (AvgIpc) is 3.09. The van der Waals surface area contributed by atoms with Crippen LogP contribution in [-0.2, 0) is 17.1 Å². The quantitative estimate of drug-likeness (QED) is 0.485. The van der Waals surface area contributed by atoms with Gasteiger partial charge in [-0.2, -0.15) is 8.42 Å². The number of rotatable bonds is 5. The van der Waals surface area contributed by atoms with Gasteiger partial charge in [-0.25, -0.2) is 15.0 Å². The van der Waals surface area contributed by atoms with Crippen LogP contribution in [0, 0.1) is 6.92 Å². The molecule has 31 heavy (non-hydrogen) atoms. The van der Waals surface area contributed by atoms with E-state index in [0.717, 1.165) is 0 Å². The summed E-state index contributed by atoms with van der Waals surface area (Å²) in [6.45, 7) is 1.70. The van der Waals surface area contributed by atoms with E-state index >= 15 is 0 Å². The number of aryl methyl sites for hydroxylation is 1. The van der Waals surface area contributed by atoms with Gasteiger partial charge in [-0.05, 0) is 25.1 Å². The first-order chi connectivity index (χ1) is 14.7. The van der Waals surface area contributed by atoms with Crippen molar-refractivity contribution in [3.63, 3.8) is 0 Å². The van der Waals surface area contributed by atoms with Crippen LogP contribution in [0.15, 0.2) is 52.8 Å². The molecule has 0 amide bonds. The van der Waals surface area contributed by atoms with Crippen LogP contribution in [0.3, 0.4) is 0 Å². The molecule has 0 radical (unpaired) electrons. The summed E-state index contributed by atoms with van der Waals surface area (Å²) >= 11 is 5.89. The first-order valence-corrected chi connectivity index (χ1v) is 10.8. The molecule has 4 rings (SSSR count). The van der Waals surface area contributed by atoms with Crippen molar-refractivity contribution in [2.75, 3.05) is 11.8 Å². The highest BCUT2D eigenvalue weighted by atomic mass is 35.5. The van der Waals surface area contributed by atoms with Crippen LogP contribution in [0.1, 0.15) is 5.82 Å². The second kappa shape index (κ2) is 7.67. The SMILES string of the molecule is COc1ncc(-c2ccc3ncc(Cl)c(=O)n3c2)cc1NS(=O)(=O)c1cnc(C)n1C. The van der Waals surface area contributed by atoms with Crippen LogP contribution in [-0.4, -0.2) is 39.4 Å². The van der Waals surface area contributed by atoms with E-state index in [9.17, 15) is 13.2 Å². The molecule has 160 valence electrons. The summed E-state index contributed by atoms with van der Waals surface area (Å²) in [4.78, 5) is 24.6. The van der Waals surface area contributed by atoms with Crippen molar-refractivity contribution < 1.29 is 13.2 Å². The highest BCUT2D eigenvalue weighted by Gasteiger charge is 2.22. The minimum Gasteiger partial charge on any atom is -0.480 e. The maximum atomic E-state index is 12.9. The molecule has 0 fully saturated rings. The number of sulfonamides is 1. The van der Waals surface area contributed by atoms with Gasteiger partial charge in [-0.1, -0.05) is 11.6 Å². The summed E-state index contributed by atoms with van der Waals surface area (Å²) in [7, 11) is -0.962. The third-order valence-electron chi connectivity index (χ3n) is 4.74. The summed E-state index contributed by atoms with van der Waals surface area (Å²) in [5.74, 6) is 0.641. The molecule has 10 nitrogen and oxygen atoms in total. The van der Waals surface area contributed by atoms with E-state index in [4.69, 9.17) is 16.3 Å². The maximum absolute atomic E-state index is 12.9. The molecule has 0 saturated heterocycles. The fourth-order valence-electron chi connectivity index (χ4n) is 3.00. The fraction of sp³-hybridized carbons (Fsp3) is 0.158. The van der Waals surface area contributed by atoms with Gasteiger partial charge in [-0.3, -0.25) is 13.9 Å². The molecule has 0 unspecified atom stereocenters. The number of hydrogen-bond donors (Lipinski definition) is 1. The molecule has 4 aromatic heterocycles. The summed E-state index contributed by atoms with van der Waals surface area (Å²) in [5.41, 5.74) is 1.30. The third-order valence-corrected chi connectivity index (χ3v) is 6.41. The molecule has 0 bridgehead atoms. The van der Waals surface area contributed by atoms with Gasteiger partial charge in [0.1, 0.15) is 22.2 Å². The van der Waals surface area contributed by atoms with E-state index in [1.165, 1.54) is 34.7 Å². The lowest BCUT2D eigenvalue weighted by Crippen LogP contribution is -2.17. The summed E-state index contributed by atoms with van der Waals surface area (Å²) in [6, 6.07) is 4.96. The minimum absolute atomic E-state index is 0.00423. The van der Waals surface area contributed by atoms with Crippen molar-refractivity contribution in [3.8, 4) is 17.0 Å². The molecule has 0 aliphatic rings. The second-order valence-corrected chi connectivity index (χ2v) is 8.68. The molecule has 0 aromatic carbocycles. The third kappa shape index (κ3) is 3.73. The van der Waals surface area contributed by atoms with Crippen molar-refractivity contribution in [2.24, 2.45) is 7.05 Å².